The molecule has 4 nitrogen and oxygen atoms in total. The van der Waals surface area contributed by atoms with Crippen molar-refractivity contribution in [3.8, 4) is 6.07 Å². The van der Waals surface area contributed by atoms with Gasteiger partial charge in [0.1, 0.15) is 6.07 Å². The number of halogens is 1. The van der Waals surface area contributed by atoms with Crippen LogP contribution < -0.4 is 0 Å². The zero-order valence-corrected chi connectivity index (χ0v) is 7.67. The molecule has 0 aliphatic carbocycles. The van der Waals surface area contributed by atoms with Gasteiger partial charge in [0.05, 0.1) is 11.0 Å². The molecular weight excluding hydrogens is 202 g/mol. The average molecular weight is 206 g/mol. The molecular formula is C9H4ClN3O. The lowest BCUT2D eigenvalue weighted by molar-refractivity contribution is 0.108. The zero-order chi connectivity index (χ0) is 10.1. The lowest BCUT2D eigenvalue weighted by Gasteiger charge is -1.91. The van der Waals surface area contributed by atoms with Gasteiger partial charge in [-0.3, -0.25) is 4.79 Å². The van der Waals surface area contributed by atoms with Gasteiger partial charge in [-0.05, 0) is 29.8 Å². The second-order valence-electron chi connectivity index (χ2n) is 2.70. The number of carbonyl (C=O) groups excluding carboxylic acids is 1. The summed E-state index contributed by atoms with van der Waals surface area (Å²) in [6.45, 7) is 0. The normalized spacial score (nSPS) is 10.0. The molecule has 0 unspecified atom stereocenters. The number of hydrogen-bond acceptors (Lipinski definition) is 3. The standard InChI is InChI=1S/C9H4ClN3O/c10-9(14)5-1-2-6-7(3-5)13-8(4-11)12-6/h1-3H,(H,12,13). The highest BCUT2D eigenvalue weighted by Gasteiger charge is 2.06. The van der Waals surface area contributed by atoms with E-state index >= 15 is 0 Å². The minimum atomic E-state index is -0.528. The number of nitriles is 1. The van der Waals surface area contributed by atoms with Gasteiger partial charge in [-0.2, -0.15) is 5.26 Å². The topological polar surface area (TPSA) is 69.5 Å². The fourth-order valence-electron chi connectivity index (χ4n) is 1.18. The van der Waals surface area contributed by atoms with Crippen molar-refractivity contribution in [2.45, 2.75) is 0 Å². The predicted octanol–water partition coefficient (Wildman–Crippen LogP) is 1.81. The highest BCUT2D eigenvalue weighted by Crippen LogP contribution is 2.14. The van der Waals surface area contributed by atoms with E-state index in [-0.39, 0.29) is 5.82 Å². The van der Waals surface area contributed by atoms with Gasteiger partial charge in [0.25, 0.3) is 5.24 Å². The van der Waals surface area contributed by atoms with Crippen LogP contribution in [0.4, 0.5) is 0 Å². The molecule has 0 amide bonds. The van der Waals surface area contributed by atoms with E-state index in [1.54, 1.807) is 18.2 Å². The quantitative estimate of drug-likeness (QED) is 0.722. The van der Waals surface area contributed by atoms with Gasteiger partial charge in [0.15, 0.2) is 0 Å². The number of nitrogens with zero attached hydrogens (tertiary/aromatic N) is 2. The number of imidazole rings is 1. The van der Waals surface area contributed by atoms with Crippen molar-refractivity contribution in [2.75, 3.05) is 0 Å². The largest absolute Gasteiger partial charge is 0.329 e. The average Bonchev–Trinajstić information content (AvgIpc) is 2.58. The number of aromatic amines is 1. The van der Waals surface area contributed by atoms with Gasteiger partial charge in [0.2, 0.25) is 5.82 Å². The van der Waals surface area contributed by atoms with E-state index in [1.165, 1.54) is 0 Å². The molecule has 0 radical (unpaired) electrons. The summed E-state index contributed by atoms with van der Waals surface area (Å²) in [5.74, 6) is 0.221. The van der Waals surface area contributed by atoms with Crippen LogP contribution in [0.5, 0.6) is 0 Å². The van der Waals surface area contributed by atoms with Gasteiger partial charge in [-0.15, -0.1) is 0 Å². The minimum Gasteiger partial charge on any atom is -0.329 e. The van der Waals surface area contributed by atoms with Crippen LogP contribution in [0.1, 0.15) is 16.2 Å². The maximum absolute atomic E-state index is 10.8. The summed E-state index contributed by atoms with van der Waals surface area (Å²) >= 11 is 5.31. The van der Waals surface area contributed by atoms with E-state index in [2.05, 4.69) is 9.97 Å². The summed E-state index contributed by atoms with van der Waals surface area (Å²) in [4.78, 5) is 17.5. The molecule has 0 saturated carbocycles. The number of hydrogen-bond donors (Lipinski definition) is 1. The molecule has 1 heterocycles. The molecule has 0 saturated heterocycles. The summed E-state index contributed by atoms with van der Waals surface area (Å²) in [5.41, 5.74) is 1.66. The third-order valence-corrected chi connectivity index (χ3v) is 2.03. The molecule has 0 spiro atoms. The molecule has 0 atom stereocenters. The SMILES string of the molecule is N#Cc1nc2ccc(C(=O)Cl)cc2[nH]1. The van der Waals surface area contributed by atoms with Crippen LogP contribution in [0, 0.1) is 11.3 Å². The lowest BCUT2D eigenvalue weighted by Crippen LogP contribution is -1.87. The Morgan fingerprint density at radius 1 is 1.57 bits per heavy atom. The van der Waals surface area contributed by atoms with Crippen molar-refractivity contribution in [1.29, 1.82) is 5.26 Å². The highest BCUT2D eigenvalue weighted by atomic mass is 35.5. The summed E-state index contributed by atoms with van der Waals surface area (Å²) in [6, 6.07) is 6.66. The maximum atomic E-state index is 10.8. The van der Waals surface area contributed by atoms with Gasteiger partial charge in [-0.1, -0.05) is 0 Å². The van der Waals surface area contributed by atoms with Crippen molar-refractivity contribution in [2.24, 2.45) is 0 Å². The van der Waals surface area contributed by atoms with E-state index in [9.17, 15) is 4.79 Å². The third-order valence-electron chi connectivity index (χ3n) is 1.81. The molecule has 1 N–H and O–H groups in total. The van der Waals surface area contributed by atoms with Crippen molar-refractivity contribution >= 4 is 27.9 Å². The van der Waals surface area contributed by atoms with Crippen LogP contribution in [-0.2, 0) is 0 Å². The third kappa shape index (κ3) is 1.34. The van der Waals surface area contributed by atoms with Crippen LogP contribution in [0.2, 0.25) is 0 Å². The van der Waals surface area contributed by atoms with E-state index in [0.717, 1.165) is 0 Å². The number of nitrogens with one attached hydrogen (secondary N) is 1. The Morgan fingerprint density at radius 3 is 3.00 bits per heavy atom. The molecule has 68 valence electrons. The van der Waals surface area contributed by atoms with E-state index in [4.69, 9.17) is 16.9 Å². The molecule has 0 aliphatic heterocycles. The van der Waals surface area contributed by atoms with Crippen LogP contribution >= 0.6 is 11.6 Å². The summed E-state index contributed by atoms with van der Waals surface area (Å²) in [6.07, 6.45) is 0. The first-order valence-electron chi connectivity index (χ1n) is 3.80. The Morgan fingerprint density at radius 2 is 2.36 bits per heavy atom. The number of rotatable bonds is 1. The Kier molecular flexibility index (Phi) is 1.95. The van der Waals surface area contributed by atoms with Crippen molar-refractivity contribution in [3.05, 3.63) is 29.6 Å². The Hall–Kier alpha value is -1.86. The summed E-state index contributed by atoms with van der Waals surface area (Å²) in [5, 5.41) is 8.05. The molecule has 0 aliphatic rings. The molecule has 0 fully saturated rings. The fraction of sp³-hybridized carbons (Fsp3) is 0. The van der Waals surface area contributed by atoms with Crippen LogP contribution in [0.15, 0.2) is 18.2 Å². The zero-order valence-electron chi connectivity index (χ0n) is 6.91. The lowest BCUT2D eigenvalue weighted by atomic mass is 10.2. The van der Waals surface area contributed by atoms with Crippen LogP contribution in [-0.4, -0.2) is 15.2 Å². The Bertz CT molecular complexity index is 553. The molecule has 1 aromatic carbocycles. The summed E-state index contributed by atoms with van der Waals surface area (Å²) < 4.78 is 0. The van der Waals surface area contributed by atoms with Gasteiger partial charge in [0, 0.05) is 5.56 Å². The molecule has 2 aromatic rings. The van der Waals surface area contributed by atoms with Gasteiger partial charge >= 0.3 is 0 Å². The van der Waals surface area contributed by atoms with Crippen LogP contribution in [0.25, 0.3) is 11.0 Å². The Balaban J connectivity index is 2.66. The van der Waals surface area contributed by atoms with Crippen LogP contribution in [0.3, 0.4) is 0 Å². The minimum absolute atomic E-state index is 0.221. The second kappa shape index (κ2) is 3.13. The van der Waals surface area contributed by atoms with Gasteiger partial charge in [-0.25, -0.2) is 4.98 Å². The first-order valence-corrected chi connectivity index (χ1v) is 4.18. The first kappa shape index (κ1) is 8.73. The number of benzene rings is 1. The molecule has 2 rings (SSSR count). The smallest absolute Gasteiger partial charge is 0.252 e. The maximum Gasteiger partial charge on any atom is 0.252 e. The number of fused-ring (bicyclic) bond motifs is 1. The van der Waals surface area contributed by atoms with Gasteiger partial charge < -0.3 is 4.98 Å². The van der Waals surface area contributed by atoms with E-state index < -0.39 is 5.24 Å². The number of aromatic nitrogens is 2. The van der Waals surface area contributed by atoms with Crippen molar-refractivity contribution < 1.29 is 4.79 Å². The van der Waals surface area contributed by atoms with Crippen molar-refractivity contribution in [1.82, 2.24) is 9.97 Å². The second-order valence-corrected chi connectivity index (χ2v) is 3.05. The van der Waals surface area contributed by atoms with E-state index in [0.29, 0.717) is 16.6 Å². The molecule has 14 heavy (non-hydrogen) atoms. The molecule has 5 heteroatoms. The highest BCUT2D eigenvalue weighted by molar-refractivity contribution is 6.67. The predicted molar refractivity (Wildman–Crippen MR) is 51.0 cm³/mol. The first-order chi connectivity index (χ1) is 6.70. The number of H-pyrrole nitrogens is 1. The van der Waals surface area contributed by atoms with Crippen molar-refractivity contribution in [3.63, 3.8) is 0 Å². The number of carbonyl (C=O) groups is 1. The molecule has 0 bridgehead atoms. The fourth-order valence-corrected chi connectivity index (χ4v) is 1.30. The van der Waals surface area contributed by atoms with E-state index in [1.807, 2.05) is 6.07 Å². The summed E-state index contributed by atoms with van der Waals surface area (Å²) in [7, 11) is 0. The Labute approximate surface area is 84.1 Å². The molecule has 1 aromatic heterocycles. The monoisotopic (exact) mass is 205 g/mol.